The molecule has 0 heterocycles. The molecule has 0 amide bonds. The third kappa shape index (κ3) is 13.5. The highest BCUT2D eigenvalue weighted by Crippen LogP contribution is 2.14. The fourth-order valence-electron chi connectivity index (χ4n) is 1.81. The van der Waals surface area contributed by atoms with E-state index in [-0.39, 0.29) is 0 Å². The van der Waals surface area contributed by atoms with Gasteiger partial charge in [0.05, 0.1) is 0 Å². The average molecular weight is 304 g/mol. The van der Waals surface area contributed by atoms with Crippen LogP contribution in [0.15, 0.2) is 48.6 Å². The predicted molar refractivity (Wildman–Crippen MR) is 105 cm³/mol. The lowest BCUT2D eigenvalue weighted by Gasteiger charge is -2.13. The van der Waals surface area contributed by atoms with Gasteiger partial charge in [0.2, 0.25) is 0 Å². The molecule has 22 heavy (non-hydrogen) atoms. The molecule has 126 valence electrons. The van der Waals surface area contributed by atoms with Crippen molar-refractivity contribution in [3.05, 3.63) is 54.1 Å². The maximum atomic E-state index is 3.42. The van der Waals surface area contributed by atoms with Crippen LogP contribution in [0.1, 0.15) is 66.4 Å². The summed E-state index contributed by atoms with van der Waals surface area (Å²) in [5, 5.41) is 3.42. The van der Waals surface area contributed by atoms with Crippen LogP contribution < -0.4 is 5.32 Å². The Kier molecular flexibility index (Phi) is 18.2. The molecule has 1 aromatic carbocycles. The molecule has 0 fully saturated rings. The molecule has 1 nitrogen and oxygen atoms in total. The second-order valence-electron chi connectivity index (χ2n) is 4.98. The molecule has 1 rings (SSSR count). The predicted octanol–water partition coefficient (Wildman–Crippen LogP) is 7.15. The lowest BCUT2D eigenvalue weighted by Crippen LogP contribution is -2.12. The first-order chi connectivity index (χ1) is 10.7. The monoisotopic (exact) mass is 303 g/mol. The van der Waals surface area contributed by atoms with E-state index >= 15 is 0 Å². The van der Waals surface area contributed by atoms with Crippen molar-refractivity contribution in [1.82, 2.24) is 0 Å². The maximum Gasteiger partial charge on any atom is 0.0416 e. The maximum absolute atomic E-state index is 3.42. The highest BCUT2D eigenvalue weighted by atomic mass is 14.9. The van der Waals surface area contributed by atoms with Crippen LogP contribution in [0.2, 0.25) is 0 Å². The van der Waals surface area contributed by atoms with Gasteiger partial charge in [-0.15, -0.1) is 0 Å². The Bertz CT molecular complexity index is 391. The van der Waals surface area contributed by atoms with Crippen molar-refractivity contribution in [2.24, 2.45) is 0 Å². The summed E-state index contributed by atoms with van der Waals surface area (Å²) in [5.41, 5.74) is 2.51. The normalized spacial score (nSPS) is 11.4. The summed E-state index contributed by atoms with van der Waals surface area (Å²) < 4.78 is 0. The van der Waals surface area contributed by atoms with Gasteiger partial charge in [0.15, 0.2) is 0 Å². The van der Waals surface area contributed by atoms with Crippen molar-refractivity contribution < 1.29 is 0 Å². The van der Waals surface area contributed by atoms with E-state index in [0.717, 1.165) is 0 Å². The number of aryl methyl sites for hydroxylation is 1. The van der Waals surface area contributed by atoms with Gasteiger partial charge in [0, 0.05) is 11.7 Å². The molecule has 1 N–H and O–H groups in total. The third-order valence-electron chi connectivity index (χ3n) is 2.97. The Morgan fingerprint density at radius 2 is 1.73 bits per heavy atom. The van der Waals surface area contributed by atoms with Gasteiger partial charge in [-0.3, -0.25) is 0 Å². The minimum atomic E-state index is 0.395. The van der Waals surface area contributed by atoms with Gasteiger partial charge in [-0.25, -0.2) is 0 Å². The summed E-state index contributed by atoms with van der Waals surface area (Å²) in [7, 11) is 0. The van der Waals surface area contributed by atoms with Gasteiger partial charge >= 0.3 is 0 Å². The molecule has 1 aromatic rings. The SMILES string of the molecule is C/C=C\C(C)Nc1ccccc1C.C/C=C\CCCC.CC. The number of anilines is 1. The molecule has 0 aromatic heterocycles. The van der Waals surface area contributed by atoms with E-state index in [1.807, 2.05) is 20.8 Å². The number of rotatable bonds is 6. The molecule has 0 spiro atoms. The summed E-state index contributed by atoms with van der Waals surface area (Å²) in [6.45, 7) is 14.6. The van der Waals surface area contributed by atoms with Gasteiger partial charge in [-0.1, -0.05) is 76.1 Å². The summed E-state index contributed by atoms with van der Waals surface area (Å²) in [4.78, 5) is 0. The van der Waals surface area contributed by atoms with E-state index in [9.17, 15) is 0 Å². The molecule has 0 saturated heterocycles. The van der Waals surface area contributed by atoms with E-state index in [1.54, 1.807) is 0 Å². The molecule has 0 radical (unpaired) electrons. The van der Waals surface area contributed by atoms with Gasteiger partial charge in [-0.2, -0.15) is 0 Å². The largest absolute Gasteiger partial charge is 0.379 e. The zero-order chi connectivity index (χ0) is 17.2. The molecule has 0 aliphatic carbocycles. The molecular formula is C21H37N. The van der Waals surface area contributed by atoms with Gasteiger partial charge < -0.3 is 5.32 Å². The second-order valence-corrected chi connectivity index (χ2v) is 4.98. The Hall–Kier alpha value is -1.50. The summed E-state index contributed by atoms with van der Waals surface area (Å²) in [5.74, 6) is 0. The fourth-order valence-corrected chi connectivity index (χ4v) is 1.81. The van der Waals surface area contributed by atoms with Crippen molar-refractivity contribution in [2.45, 2.75) is 73.8 Å². The van der Waals surface area contributed by atoms with Crippen LogP contribution in [0.4, 0.5) is 5.69 Å². The topological polar surface area (TPSA) is 12.0 Å². The Morgan fingerprint density at radius 1 is 1.09 bits per heavy atom. The third-order valence-corrected chi connectivity index (χ3v) is 2.97. The molecule has 0 saturated carbocycles. The molecule has 0 bridgehead atoms. The smallest absolute Gasteiger partial charge is 0.0416 e. The van der Waals surface area contributed by atoms with E-state index in [1.165, 1.54) is 30.5 Å². The van der Waals surface area contributed by atoms with E-state index in [4.69, 9.17) is 0 Å². The Balaban J connectivity index is 0. The molecular weight excluding hydrogens is 266 g/mol. The number of unbranched alkanes of at least 4 members (excludes halogenated alkanes) is 2. The zero-order valence-corrected chi connectivity index (χ0v) is 15.8. The van der Waals surface area contributed by atoms with Crippen LogP contribution in [0.5, 0.6) is 0 Å². The summed E-state index contributed by atoms with van der Waals surface area (Å²) >= 11 is 0. The van der Waals surface area contributed by atoms with E-state index in [0.29, 0.717) is 6.04 Å². The van der Waals surface area contributed by atoms with Crippen molar-refractivity contribution in [2.75, 3.05) is 5.32 Å². The van der Waals surface area contributed by atoms with Crippen LogP contribution in [0, 0.1) is 6.92 Å². The van der Waals surface area contributed by atoms with Crippen molar-refractivity contribution in [1.29, 1.82) is 0 Å². The van der Waals surface area contributed by atoms with E-state index < -0.39 is 0 Å². The minimum absolute atomic E-state index is 0.395. The number of allylic oxidation sites excluding steroid dienone is 3. The molecule has 0 aliphatic rings. The lowest BCUT2D eigenvalue weighted by molar-refractivity contribution is 0.814. The zero-order valence-electron chi connectivity index (χ0n) is 15.8. The van der Waals surface area contributed by atoms with Crippen molar-refractivity contribution in [3.8, 4) is 0 Å². The minimum Gasteiger partial charge on any atom is -0.379 e. The number of hydrogen-bond acceptors (Lipinski definition) is 1. The van der Waals surface area contributed by atoms with E-state index in [2.05, 4.69) is 81.6 Å². The fraction of sp³-hybridized carbons (Fsp3) is 0.524. The summed E-state index contributed by atoms with van der Waals surface area (Å²) in [6.07, 6.45) is 12.4. The van der Waals surface area contributed by atoms with Crippen molar-refractivity contribution >= 4 is 5.69 Å². The van der Waals surface area contributed by atoms with Crippen molar-refractivity contribution in [3.63, 3.8) is 0 Å². The van der Waals surface area contributed by atoms with Crippen LogP contribution in [-0.4, -0.2) is 6.04 Å². The molecule has 1 heteroatoms. The molecule has 1 unspecified atom stereocenters. The van der Waals surface area contributed by atoms with Gasteiger partial charge in [0.25, 0.3) is 0 Å². The summed E-state index contributed by atoms with van der Waals surface area (Å²) in [6, 6.07) is 8.73. The number of hydrogen-bond donors (Lipinski definition) is 1. The second kappa shape index (κ2) is 17.6. The lowest BCUT2D eigenvalue weighted by atomic mass is 10.2. The standard InChI is InChI=1S/C12H17N.C7H14.C2H6/c1-4-7-11(3)13-12-9-6-5-8-10(12)2;1-3-5-7-6-4-2;1-2/h4-9,11,13H,1-3H3;3,5H,4,6-7H2,1-2H3;1-2H3/b7-4-;5-3-;. The molecule has 1 atom stereocenters. The van der Waals surface area contributed by atoms with Crippen LogP contribution in [0.3, 0.4) is 0 Å². The number of benzene rings is 1. The quantitative estimate of drug-likeness (QED) is 0.434. The Morgan fingerprint density at radius 3 is 2.23 bits per heavy atom. The first kappa shape index (κ1) is 22.8. The first-order valence-corrected chi connectivity index (χ1v) is 8.71. The van der Waals surface area contributed by atoms with Gasteiger partial charge in [-0.05, 0) is 45.7 Å². The average Bonchev–Trinajstić information content (AvgIpc) is 2.53. The van der Waals surface area contributed by atoms with Crippen LogP contribution >= 0.6 is 0 Å². The highest BCUT2D eigenvalue weighted by Gasteiger charge is 1.98. The van der Waals surface area contributed by atoms with Crippen LogP contribution in [-0.2, 0) is 0 Å². The first-order valence-electron chi connectivity index (χ1n) is 8.71. The Labute approximate surface area is 139 Å². The van der Waals surface area contributed by atoms with Gasteiger partial charge in [0.1, 0.15) is 0 Å². The number of nitrogens with one attached hydrogen (secondary N) is 1. The molecule has 0 aliphatic heterocycles. The number of para-hydroxylation sites is 1. The highest BCUT2D eigenvalue weighted by molar-refractivity contribution is 5.51. The van der Waals surface area contributed by atoms with Crippen LogP contribution in [0.25, 0.3) is 0 Å².